The van der Waals surface area contributed by atoms with Crippen molar-refractivity contribution in [2.45, 2.75) is 6.42 Å². The molecule has 1 heterocycles. The molecule has 0 spiro atoms. The number of nitro benzene ring substituents is 1. The quantitative estimate of drug-likeness (QED) is 0.220. The number of carbonyl (C=O) groups is 1. The summed E-state index contributed by atoms with van der Waals surface area (Å²) in [5.41, 5.74) is 1.61. The van der Waals surface area contributed by atoms with Gasteiger partial charge in [-0.3, -0.25) is 10.1 Å². The number of hydrogen-bond donors (Lipinski definition) is 1. The van der Waals surface area contributed by atoms with Crippen LogP contribution in [0.1, 0.15) is 16.8 Å². The highest BCUT2D eigenvalue weighted by Gasteiger charge is 2.24. The molecule has 0 unspecified atom stereocenters. The van der Waals surface area contributed by atoms with Crippen molar-refractivity contribution < 1.29 is 14.5 Å². The maximum Gasteiger partial charge on any atom is 0.340 e. The van der Waals surface area contributed by atoms with Crippen molar-refractivity contribution >= 4 is 39.1 Å². The number of anilines is 1. The van der Waals surface area contributed by atoms with Gasteiger partial charge in [0.05, 0.1) is 34.3 Å². The molecule has 3 aromatic rings. The first-order chi connectivity index (χ1) is 13.4. The highest BCUT2D eigenvalue weighted by molar-refractivity contribution is 6.16. The third kappa shape index (κ3) is 3.72. The van der Waals surface area contributed by atoms with Crippen LogP contribution in [0.25, 0.3) is 21.8 Å². The summed E-state index contributed by atoms with van der Waals surface area (Å²) in [4.78, 5) is 30.1. The zero-order valence-electron chi connectivity index (χ0n) is 16.1. The molecule has 8 heteroatoms. The molecule has 0 saturated carbocycles. The lowest BCUT2D eigenvalue weighted by molar-refractivity contribution is -0.383. The van der Waals surface area contributed by atoms with E-state index in [9.17, 15) is 14.9 Å². The Hall–Kier alpha value is -3.26. The minimum atomic E-state index is -0.582. The zero-order valence-corrected chi connectivity index (χ0v) is 16.1. The Kier molecular flexibility index (Phi) is 5.70. The first-order valence-corrected chi connectivity index (χ1v) is 8.90. The highest BCUT2D eigenvalue weighted by Crippen LogP contribution is 2.38. The number of pyridine rings is 1. The third-order valence-corrected chi connectivity index (χ3v) is 4.50. The van der Waals surface area contributed by atoms with E-state index in [1.54, 1.807) is 0 Å². The zero-order chi connectivity index (χ0) is 20.3. The van der Waals surface area contributed by atoms with Gasteiger partial charge in [0.15, 0.2) is 0 Å². The van der Waals surface area contributed by atoms with E-state index in [2.05, 4.69) is 15.2 Å². The minimum absolute atomic E-state index is 0.101. The van der Waals surface area contributed by atoms with Crippen molar-refractivity contribution in [2.75, 3.05) is 39.6 Å². The number of nitro groups is 1. The number of esters is 1. The van der Waals surface area contributed by atoms with Gasteiger partial charge >= 0.3 is 5.97 Å². The monoisotopic (exact) mass is 382 g/mol. The van der Waals surface area contributed by atoms with E-state index in [0.29, 0.717) is 23.1 Å². The van der Waals surface area contributed by atoms with E-state index >= 15 is 0 Å². The van der Waals surface area contributed by atoms with Crippen LogP contribution in [0, 0.1) is 10.1 Å². The minimum Gasteiger partial charge on any atom is -0.465 e. The Morgan fingerprint density at radius 2 is 2.00 bits per heavy atom. The fraction of sp³-hybridized carbons (Fsp3) is 0.300. The fourth-order valence-electron chi connectivity index (χ4n) is 3.20. The smallest absolute Gasteiger partial charge is 0.340 e. The van der Waals surface area contributed by atoms with Gasteiger partial charge < -0.3 is 15.0 Å². The topological polar surface area (TPSA) is 97.6 Å². The summed E-state index contributed by atoms with van der Waals surface area (Å²) in [7, 11) is 5.26. The van der Waals surface area contributed by atoms with Crippen LogP contribution in [0.4, 0.5) is 11.4 Å². The van der Waals surface area contributed by atoms with Crippen LogP contribution in [0.2, 0.25) is 0 Å². The van der Waals surface area contributed by atoms with Crippen LogP contribution in [0.15, 0.2) is 36.4 Å². The van der Waals surface area contributed by atoms with Crippen molar-refractivity contribution in [3.8, 4) is 0 Å². The predicted molar refractivity (Wildman–Crippen MR) is 109 cm³/mol. The van der Waals surface area contributed by atoms with E-state index in [4.69, 9.17) is 4.74 Å². The molecule has 0 bridgehead atoms. The average Bonchev–Trinajstić information content (AvgIpc) is 2.68. The average molecular weight is 382 g/mol. The lowest BCUT2D eigenvalue weighted by Crippen LogP contribution is -2.16. The van der Waals surface area contributed by atoms with Crippen LogP contribution in [-0.4, -0.2) is 55.1 Å². The van der Waals surface area contributed by atoms with Crippen molar-refractivity contribution in [1.82, 2.24) is 9.88 Å². The number of carbonyl (C=O) groups excluding carboxylic acids is 1. The Labute approximate surface area is 162 Å². The molecule has 1 N–H and O–H groups in total. The Morgan fingerprint density at radius 1 is 1.25 bits per heavy atom. The van der Waals surface area contributed by atoms with E-state index in [1.165, 1.54) is 19.2 Å². The Morgan fingerprint density at radius 3 is 2.68 bits per heavy atom. The van der Waals surface area contributed by atoms with Crippen LogP contribution in [-0.2, 0) is 4.74 Å². The second-order valence-corrected chi connectivity index (χ2v) is 6.69. The standard InChI is InChI=1S/C20H22N4O4/c1-23(2)12-6-11-21-18-13-7-4-5-8-15(13)22-19-14(20(25)28-3)9-10-16(17(18)19)24(26)27/h4-5,7-10H,6,11-12H2,1-3H3,(H,21,22). The lowest BCUT2D eigenvalue weighted by atomic mass is 10.0. The number of hydrogen-bond acceptors (Lipinski definition) is 7. The number of aromatic nitrogens is 1. The molecule has 3 rings (SSSR count). The molecule has 0 amide bonds. The summed E-state index contributed by atoms with van der Waals surface area (Å²) in [6.45, 7) is 1.50. The number of para-hydroxylation sites is 1. The summed E-state index contributed by atoms with van der Waals surface area (Å²) >= 11 is 0. The molecular weight excluding hydrogens is 360 g/mol. The number of nitrogens with one attached hydrogen (secondary N) is 1. The molecule has 1 aromatic heterocycles. The van der Waals surface area contributed by atoms with Crippen molar-refractivity contribution in [2.24, 2.45) is 0 Å². The number of methoxy groups -OCH3 is 1. The van der Waals surface area contributed by atoms with Crippen LogP contribution in [0.5, 0.6) is 0 Å². The summed E-state index contributed by atoms with van der Waals surface area (Å²) in [5.74, 6) is -0.582. The van der Waals surface area contributed by atoms with E-state index < -0.39 is 10.9 Å². The van der Waals surface area contributed by atoms with Gasteiger partial charge in [-0.2, -0.15) is 0 Å². The lowest BCUT2D eigenvalue weighted by Gasteiger charge is -2.16. The van der Waals surface area contributed by atoms with Gasteiger partial charge in [0.1, 0.15) is 5.39 Å². The summed E-state index contributed by atoms with van der Waals surface area (Å²) in [6.07, 6.45) is 0.857. The summed E-state index contributed by atoms with van der Waals surface area (Å²) in [5, 5.41) is 16.1. The molecule has 28 heavy (non-hydrogen) atoms. The first-order valence-electron chi connectivity index (χ1n) is 8.90. The van der Waals surface area contributed by atoms with Crippen molar-refractivity contribution in [3.63, 3.8) is 0 Å². The molecule has 0 fully saturated rings. The van der Waals surface area contributed by atoms with Crippen LogP contribution < -0.4 is 5.32 Å². The largest absolute Gasteiger partial charge is 0.465 e. The number of fused-ring (bicyclic) bond motifs is 2. The Balaban J connectivity index is 2.28. The first kappa shape index (κ1) is 19.5. The fourth-order valence-corrected chi connectivity index (χ4v) is 3.20. The van der Waals surface area contributed by atoms with Crippen molar-refractivity contribution in [1.29, 1.82) is 0 Å². The van der Waals surface area contributed by atoms with E-state index in [1.807, 2.05) is 38.4 Å². The number of benzene rings is 2. The number of nitrogens with zero attached hydrogens (tertiary/aromatic N) is 3. The highest BCUT2D eigenvalue weighted by atomic mass is 16.6. The second-order valence-electron chi connectivity index (χ2n) is 6.69. The van der Waals surface area contributed by atoms with Crippen molar-refractivity contribution in [3.05, 3.63) is 52.1 Å². The number of non-ortho nitro benzene ring substituents is 1. The molecule has 0 saturated heterocycles. The van der Waals surface area contributed by atoms with Gasteiger partial charge in [0.25, 0.3) is 5.69 Å². The normalized spacial score (nSPS) is 11.1. The van der Waals surface area contributed by atoms with Gasteiger partial charge in [-0.05, 0) is 39.2 Å². The van der Waals surface area contributed by atoms with E-state index in [0.717, 1.165) is 18.4 Å². The van der Waals surface area contributed by atoms with Gasteiger partial charge in [-0.1, -0.05) is 18.2 Å². The van der Waals surface area contributed by atoms with Gasteiger partial charge in [-0.25, -0.2) is 9.78 Å². The molecule has 0 atom stereocenters. The molecule has 0 radical (unpaired) electrons. The molecular formula is C20H22N4O4. The predicted octanol–water partition coefficient (Wildman–Crippen LogP) is 3.45. The molecule has 0 aliphatic carbocycles. The van der Waals surface area contributed by atoms with Gasteiger partial charge in [0, 0.05) is 18.0 Å². The van der Waals surface area contributed by atoms with E-state index in [-0.39, 0.29) is 16.8 Å². The van der Waals surface area contributed by atoms with Crippen LogP contribution >= 0.6 is 0 Å². The maximum atomic E-state index is 12.2. The molecule has 146 valence electrons. The van der Waals surface area contributed by atoms with Gasteiger partial charge in [-0.15, -0.1) is 0 Å². The Bertz CT molecular complexity index is 1050. The SMILES string of the molecule is COC(=O)c1ccc([N+](=O)[O-])c2c(NCCCN(C)C)c3ccccc3nc12. The third-order valence-electron chi connectivity index (χ3n) is 4.50. The van der Waals surface area contributed by atoms with Gasteiger partial charge in [0.2, 0.25) is 0 Å². The second kappa shape index (κ2) is 8.18. The maximum absolute atomic E-state index is 12.2. The number of ether oxygens (including phenoxy) is 1. The summed E-state index contributed by atoms with van der Waals surface area (Å²) in [6, 6.07) is 10.1. The molecule has 8 nitrogen and oxygen atoms in total. The molecule has 0 aliphatic rings. The molecule has 0 aliphatic heterocycles. The number of rotatable bonds is 7. The summed E-state index contributed by atoms with van der Waals surface area (Å²) < 4.78 is 4.85. The molecule has 2 aromatic carbocycles. The van der Waals surface area contributed by atoms with Crippen LogP contribution in [0.3, 0.4) is 0 Å².